The quantitative estimate of drug-likeness (QED) is 0.829. The first-order valence-electron chi connectivity index (χ1n) is 5.77. The summed E-state index contributed by atoms with van der Waals surface area (Å²) in [4.78, 5) is 0. The molecule has 1 unspecified atom stereocenters. The molecule has 1 heterocycles. The molecule has 1 aliphatic heterocycles. The molecule has 0 spiro atoms. The van der Waals surface area contributed by atoms with Gasteiger partial charge in [0, 0.05) is 10.5 Å². The maximum atomic E-state index is 3.62. The highest BCUT2D eigenvalue weighted by molar-refractivity contribution is 9.10. The van der Waals surface area contributed by atoms with Gasteiger partial charge in [0.25, 0.3) is 0 Å². The summed E-state index contributed by atoms with van der Waals surface area (Å²) in [5.74, 6) is 0. The van der Waals surface area contributed by atoms with Crippen LogP contribution in [0.5, 0.6) is 0 Å². The molecule has 0 amide bonds. The third kappa shape index (κ3) is 1.66. The highest BCUT2D eigenvalue weighted by Gasteiger charge is 2.18. The molecule has 1 saturated heterocycles. The van der Waals surface area contributed by atoms with E-state index in [9.17, 15) is 0 Å². The summed E-state index contributed by atoms with van der Waals surface area (Å²) in [7, 11) is 0. The van der Waals surface area contributed by atoms with Crippen LogP contribution in [0.15, 0.2) is 40.9 Å². The monoisotopic (exact) mass is 275 g/mol. The van der Waals surface area contributed by atoms with E-state index < -0.39 is 0 Å². The molecule has 0 aromatic heterocycles. The first kappa shape index (κ1) is 10.3. The van der Waals surface area contributed by atoms with Gasteiger partial charge in [0.15, 0.2) is 0 Å². The number of rotatable bonds is 1. The van der Waals surface area contributed by atoms with E-state index in [-0.39, 0.29) is 0 Å². The molecule has 1 fully saturated rings. The van der Waals surface area contributed by atoms with Crippen LogP contribution in [-0.2, 0) is 0 Å². The molecule has 2 heteroatoms. The van der Waals surface area contributed by atoms with Crippen LogP contribution in [0.25, 0.3) is 10.8 Å². The van der Waals surface area contributed by atoms with Gasteiger partial charge in [0.05, 0.1) is 0 Å². The van der Waals surface area contributed by atoms with Crippen LogP contribution in [0.3, 0.4) is 0 Å². The van der Waals surface area contributed by atoms with Gasteiger partial charge in [-0.05, 0) is 41.8 Å². The summed E-state index contributed by atoms with van der Waals surface area (Å²) < 4.78 is 1.19. The van der Waals surface area contributed by atoms with Gasteiger partial charge in [0.2, 0.25) is 0 Å². The molecule has 3 rings (SSSR count). The van der Waals surface area contributed by atoms with Crippen LogP contribution in [0.4, 0.5) is 0 Å². The number of hydrogen-bond donors (Lipinski definition) is 1. The smallest absolute Gasteiger partial charge is 0.0326 e. The van der Waals surface area contributed by atoms with Crippen LogP contribution in [0, 0.1) is 0 Å². The second-order valence-corrected chi connectivity index (χ2v) is 5.19. The van der Waals surface area contributed by atoms with E-state index in [1.807, 2.05) is 0 Å². The molecule has 1 aliphatic rings. The van der Waals surface area contributed by atoms with Crippen molar-refractivity contribution in [1.82, 2.24) is 5.32 Å². The van der Waals surface area contributed by atoms with Gasteiger partial charge in [-0.15, -0.1) is 0 Å². The average molecular weight is 276 g/mol. The Balaban J connectivity index is 2.21. The maximum absolute atomic E-state index is 3.62. The van der Waals surface area contributed by atoms with Gasteiger partial charge >= 0.3 is 0 Å². The van der Waals surface area contributed by atoms with Crippen molar-refractivity contribution in [2.75, 3.05) is 6.54 Å². The van der Waals surface area contributed by atoms with E-state index in [2.05, 4.69) is 57.6 Å². The highest BCUT2D eigenvalue weighted by Crippen LogP contribution is 2.33. The Hall–Kier alpha value is -0.860. The fourth-order valence-electron chi connectivity index (χ4n) is 2.54. The lowest BCUT2D eigenvalue weighted by Gasteiger charge is -2.14. The molecule has 1 N–H and O–H groups in total. The molecule has 82 valence electrons. The number of halogens is 1. The SMILES string of the molecule is Brc1ccc(C2CCCN2)c2ccccc12. The third-order valence-corrected chi connectivity index (χ3v) is 4.03. The summed E-state index contributed by atoms with van der Waals surface area (Å²) in [6.45, 7) is 1.15. The Morgan fingerprint density at radius 1 is 1.06 bits per heavy atom. The molecule has 1 nitrogen and oxygen atoms in total. The van der Waals surface area contributed by atoms with Crippen molar-refractivity contribution >= 4 is 26.7 Å². The van der Waals surface area contributed by atoms with Gasteiger partial charge in [-0.3, -0.25) is 0 Å². The zero-order valence-corrected chi connectivity index (χ0v) is 10.6. The molecule has 1 atom stereocenters. The summed E-state index contributed by atoms with van der Waals surface area (Å²) in [6.07, 6.45) is 2.54. The van der Waals surface area contributed by atoms with Gasteiger partial charge in [-0.25, -0.2) is 0 Å². The number of fused-ring (bicyclic) bond motifs is 1. The zero-order chi connectivity index (χ0) is 11.0. The van der Waals surface area contributed by atoms with Gasteiger partial charge < -0.3 is 5.32 Å². The molecular formula is C14H14BrN. The topological polar surface area (TPSA) is 12.0 Å². The molecular weight excluding hydrogens is 262 g/mol. The molecule has 0 aliphatic carbocycles. The van der Waals surface area contributed by atoms with Gasteiger partial charge in [0.1, 0.15) is 0 Å². The van der Waals surface area contributed by atoms with Crippen molar-refractivity contribution in [3.05, 3.63) is 46.4 Å². The van der Waals surface area contributed by atoms with E-state index in [1.165, 1.54) is 33.7 Å². The van der Waals surface area contributed by atoms with Crippen molar-refractivity contribution in [2.45, 2.75) is 18.9 Å². The fourth-order valence-corrected chi connectivity index (χ4v) is 3.02. The molecule has 0 radical (unpaired) electrons. The minimum absolute atomic E-state index is 0.540. The lowest BCUT2D eigenvalue weighted by atomic mass is 9.98. The fraction of sp³-hybridized carbons (Fsp3) is 0.286. The highest BCUT2D eigenvalue weighted by atomic mass is 79.9. The minimum Gasteiger partial charge on any atom is -0.310 e. The Morgan fingerprint density at radius 2 is 1.88 bits per heavy atom. The minimum atomic E-state index is 0.540. The lowest BCUT2D eigenvalue weighted by Crippen LogP contribution is -2.13. The summed E-state index contributed by atoms with van der Waals surface area (Å²) in [6, 6.07) is 13.6. The molecule has 0 bridgehead atoms. The summed E-state index contributed by atoms with van der Waals surface area (Å²) in [5, 5.41) is 6.25. The Bertz CT molecular complexity index is 515. The van der Waals surface area contributed by atoms with Crippen LogP contribution >= 0.6 is 15.9 Å². The van der Waals surface area contributed by atoms with E-state index in [0.717, 1.165) is 6.54 Å². The van der Waals surface area contributed by atoms with Crippen molar-refractivity contribution in [3.63, 3.8) is 0 Å². The Labute approximate surface area is 104 Å². The predicted octanol–water partition coefficient (Wildman–Crippen LogP) is 4.03. The van der Waals surface area contributed by atoms with Crippen molar-refractivity contribution in [1.29, 1.82) is 0 Å². The van der Waals surface area contributed by atoms with Gasteiger partial charge in [-0.1, -0.05) is 46.3 Å². The first-order valence-corrected chi connectivity index (χ1v) is 6.56. The average Bonchev–Trinajstić information content (AvgIpc) is 2.83. The second-order valence-electron chi connectivity index (χ2n) is 4.33. The number of hydrogen-bond acceptors (Lipinski definition) is 1. The Morgan fingerprint density at radius 3 is 2.62 bits per heavy atom. The maximum Gasteiger partial charge on any atom is 0.0326 e. The number of benzene rings is 2. The predicted molar refractivity (Wildman–Crippen MR) is 71.6 cm³/mol. The van der Waals surface area contributed by atoms with Crippen LogP contribution in [0.1, 0.15) is 24.4 Å². The largest absolute Gasteiger partial charge is 0.310 e. The van der Waals surface area contributed by atoms with E-state index in [1.54, 1.807) is 0 Å². The second kappa shape index (κ2) is 4.19. The van der Waals surface area contributed by atoms with E-state index >= 15 is 0 Å². The van der Waals surface area contributed by atoms with Gasteiger partial charge in [-0.2, -0.15) is 0 Å². The molecule has 2 aromatic rings. The number of nitrogens with one attached hydrogen (secondary N) is 1. The van der Waals surface area contributed by atoms with Crippen LogP contribution in [-0.4, -0.2) is 6.54 Å². The first-order chi connectivity index (χ1) is 7.86. The molecule has 0 saturated carbocycles. The third-order valence-electron chi connectivity index (χ3n) is 3.34. The van der Waals surface area contributed by atoms with Crippen LogP contribution in [0.2, 0.25) is 0 Å². The standard InChI is InChI=1S/C14H14BrN/c15-13-8-7-12(14-6-3-9-16-14)10-4-1-2-5-11(10)13/h1-2,4-5,7-8,14,16H,3,6,9H2. The normalized spacial score (nSPS) is 20.4. The molecule has 16 heavy (non-hydrogen) atoms. The van der Waals surface area contributed by atoms with Crippen molar-refractivity contribution < 1.29 is 0 Å². The van der Waals surface area contributed by atoms with E-state index in [4.69, 9.17) is 0 Å². The van der Waals surface area contributed by atoms with Crippen molar-refractivity contribution in [2.24, 2.45) is 0 Å². The van der Waals surface area contributed by atoms with Crippen molar-refractivity contribution in [3.8, 4) is 0 Å². The lowest BCUT2D eigenvalue weighted by molar-refractivity contribution is 0.653. The zero-order valence-electron chi connectivity index (χ0n) is 9.04. The summed E-state index contributed by atoms with van der Waals surface area (Å²) >= 11 is 3.62. The molecule has 2 aromatic carbocycles. The summed E-state index contributed by atoms with van der Waals surface area (Å²) in [5.41, 5.74) is 1.44. The van der Waals surface area contributed by atoms with Crippen LogP contribution < -0.4 is 5.32 Å². The Kier molecular flexibility index (Phi) is 2.70. The van der Waals surface area contributed by atoms with E-state index in [0.29, 0.717) is 6.04 Å².